The summed E-state index contributed by atoms with van der Waals surface area (Å²) in [6.45, 7) is 1.80. The first-order valence-corrected chi connectivity index (χ1v) is 9.09. The summed E-state index contributed by atoms with van der Waals surface area (Å²) in [5.74, 6) is 0.0600. The lowest BCUT2D eigenvalue weighted by atomic mass is 10.1. The van der Waals surface area contributed by atoms with Crippen LogP contribution in [0.4, 0.5) is 0 Å². The highest BCUT2D eigenvalue weighted by molar-refractivity contribution is 8.00. The number of hydrogen-bond acceptors (Lipinski definition) is 5. The molecule has 0 unspecified atom stereocenters. The number of fused-ring (bicyclic) bond motifs is 1. The number of amides is 3. The lowest BCUT2D eigenvalue weighted by molar-refractivity contribution is -0.134. The molecule has 0 aromatic heterocycles. The Morgan fingerprint density at radius 2 is 1.75 bits per heavy atom. The second-order valence-electron chi connectivity index (χ2n) is 6.23. The van der Waals surface area contributed by atoms with E-state index in [9.17, 15) is 14.4 Å². The molecule has 1 aromatic rings. The van der Waals surface area contributed by atoms with Gasteiger partial charge in [0.2, 0.25) is 5.91 Å². The van der Waals surface area contributed by atoms with Gasteiger partial charge in [0.25, 0.3) is 11.8 Å². The standard InChI is InChI=1S/C17H18N2O4S/c20-14(18-7-5-17(6-8-18)23-9-10-24-17)11-19-15(21)12-3-1-2-4-13(12)16(19)22/h1-4H,5-11H2. The predicted molar refractivity (Wildman–Crippen MR) is 88.8 cm³/mol. The van der Waals surface area contributed by atoms with Crippen LogP contribution in [-0.4, -0.2) is 64.4 Å². The molecule has 4 rings (SSSR count). The van der Waals surface area contributed by atoms with E-state index in [2.05, 4.69) is 0 Å². The van der Waals surface area contributed by atoms with Crippen LogP contribution >= 0.6 is 11.8 Å². The van der Waals surface area contributed by atoms with Crippen molar-refractivity contribution in [3.63, 3.8) is 0 Å². The molecule has 1 spiro atoms. The zero-order valence-corrected chi connectivity index (χ0v) is 14.0. The summed E-state index contributed by atoms with van der Waals surface area (Å²) in [6.07, 6.45) is 1.59. The van der Waals surface area contributed by atoms with Crippen molar-refractivity contribution in [2.24, 2.45) is 0 Å². The van der Waals surface area contributed by atoms with Crippen LogP contribution in [0.3, 0.4) is 0 Å². The van der Waals surface area contributed by atoms with Crippen LogP contribution in [0.15, 0.2) is 24.3 Å². The molecule has 7 heteroatoms. The van der Waals surface area contributed by atoms with E-state index in [1.165, 1.54) is 0 Å². The van der Waals surface area contributed by atoms with Crippen molar-refractivity contribution >= 4 is 29.5 Å². The van der Waals surface area contributed by atoms with Crippen molar-refractivity contribution < 1.29 is 19.1 Å². The van der Waals surface area contributed by atoms with Crippen LogP contribution < -0.4 is 0 Å². The normalized spacial score (nSPS) is 22.3. The average molecular weight is 346 g/mol. The first-order chi connectivity index (χ1) is 11.6. The van der Waals surface area contributed by atoms with E-state index in [0.717, 1.165) is 30.1 Å². The fourth-order valence-electron chi connectivity index (χ4n) is 3.50. The topological polar surface area (TPSA) is 66.9 Å². The molecular weight excluding hydrogens is 328 g/mol. The highest BCUT2D eigenvalue weighted by Crippen LogP contribution is 2.41. The number of likely N-dealkylation sites (tertiary alicyclic amines) is 1. The van der Waals surface area contributed by atoms with E-state index < -0.39 is 0 Å². The van der Waals surface area contributed by atoms with Gasteiger partial charge in [-0.2, -0.15) is 0 Å². The zero-order valence-electron chi connectivity index (χ0n) is 13.2. The van der Waals surface area contributed by atoms with Crippen molar-refractivity contribution in [3.05, 3.63) is 35.4 Å². The van der Waals surface area contributed by atoms with E-state index in [-0.39, 0.29) is 29.2 Å². The fourth-order valence-corrected chi connectivity index (χ4v) is 4.68. The molecular formula is C17H18N2O4S. The van der Waals surface area contributed by atoms with E-state index in [1.54, 1.807) is 29.2 Å². The lowest BCUT2D eigenvalue weighted by Crippen LogP contribution is -2.49. The number of carbonyl (C=O) groups excluding carboxylic acids is 3. The molecule has 1 aromatic carbocycles. The largest absolute Gasteiger partial charge is 0.363 e. The Hall–Kier alpha value is -1.86. The van der Waals surface area contributed by atoms with Crippen molar-refractivity contribution in [2.75, 3.05) is 32.0 Å². The van der Waals surface area contributed by atoms with Crippen LogP contribution in [0.2, 0.25) is 0 Å². The summed E-state index contributed by atoms with van der Waals surface area (Å²) >= 11 is 1.83. The molecule has 3 aliphatic rings. The molecule has 126 valence electrons. The second kappa shape index (κ2) is 5.89. The summed E-state index contributed by atoms with van der Waals surface area (Å²) in [6, 6.07) is 6.69. The molecule has 0 N–H and O–H groups in total. The maximum absolute atomic E-state index is 12.5. The Bertz CT molecular complexity index is 669. The van der Waals surface area contributed by atoms with Gasteiger partial charge in [0.1, 0.15) is 11.5 Å². The number of rotatable bonds is 2. The quantitative estimate of drug-likeness (QED) is 0.757. The van der Waals surface area contributed by atoms with Gasteiger partial charge in [-0.25, -0.2) is 0 Å². The number of nitrogens with zero attached hydrogens (tertiary/aromatic N) is 2. The van der Waals surface area contributed by atoms with Crippen molar-refractivity contribution in [1.29, 1.82) is 0 Å². The Morgan fingerprint density at radius 3 is 2.29 bits per heavy atom. The predicted octanol–water partition coefficient (Wildman–Crippen LogP) is 1.36. The Kier molecular flexibility index (Phi) is 3.85. The summed E-state index contributed by atoms with van der Waals surface area (Å²) in [7, 11) is 0. The smallest absolute Gasteiger partial charge is 0.262 e. The van der Waals surface area contributed by atoms with Gasteiger partial charge >= 0.3 is 0 Å². The molecule has 0 radical (unpaired) electrons. The number of carbonyl (C=O) groups is 3. The Labute approximate surface area is 144 Å². The third kappa shape index (κ3) is 2.52. The Morgan fingerprint density at radius 1 is 1.12 bits per heavy atom. The number of thioether (sulfide) groups is 1. The average Bonchev–Trinajstić information content (AvgIpc) is 3.15. The van der Waals surface area contributed by atoms with Gasteiger partial charge < -0.3 is 9.64 Å². The van der Waals surface area contributed by atoms with Gasteiger partial charge in [0.15, 0.2) is 0 Å². The van der Waals surface area contributed by atoms with Crippen molar-refractivity contribution in [1.82, 2.24) is 9.80 Å². The highest BCUT2D eigenvalue weighted by Gasteiger charge is 2.42. The minimum Gasteiger partial charge on any atom is -0.363 e. The van der Waals surface area contributed by atoms with Gasteiger partial charge in [0.05, 0.1) is 17.7 Å². The molecule has 0 bridgehead atoms. The van der Waals surface area contributed by atoms with Crippen LogP contribution in [0, 0.1) is 0 Å². The van der Waals surface area contributed by atoms with Gasteiger partial charge in [0, 0.05) is 31.7 Å². The molecule has 3 heterocycles. The number of benzene rings is 1. The van der Waals surface area contributed by atoms with Gasteiger partial charge in [-0.1, -0.05) is 12.1 Å². The molecule has 2 saturated heterocycles. The zero-order chi connectivity index (χ0) is 16.7. The van der Waals surface area contributed by atoms with Gasteiger partial charge in [-0.05, 0) is 12.1 Å². The highest BCUT2D eigenvalue weighted by atomic mass is 32.2. The fraction of sp³-hybridized carbons (Fsp3) is 0.471. The monoisotopic (exact) mass is 346 g/mol. The summed E-state index contributed by atoms with van der Waals surface area (Å²) in [5, 5.41) is 0. The molecule has 6 nitrogen and oxygen atoms in total. The maximum Gasteiger partial charge on any atom is 0.262 e. The SMILES string of the molecule is O=C(CN1C(=O)c2ccccc2C1=O)N1CCC2(CC1)OCCS2. The van der Waals surface area contributed by atoms with Crippen LogP contribution in [0.5, 0.6) is 0 Å². The van der Waals surface area contributed by atoms with Crippen LogP contribution in [0.25, 0.3) is 0 Å². The van der Waals surface area contributed by atoms with E-state index in [4.69, 9.17) is 4.74 Å². The molecule has 3 amide bonds. The third-order valence-electron chi connectivity index (χ3n) is 4.86. The number of imide groups is 1. The van der Waals surface area contributed by atoms with Crippen molar-refractivity contribution in [2.45, 2.75) is 17.8 Å². The number of ether oxygens (including phenoxy) is 1. The van der Waals surface area contributed by atoms with E-state index >= 15 is 0 Å². The molecule has 0 saturated carbocycles. The van der Waals surface area contributed by atoms with E-state index in [1.807, 2.05) is 11.8 Å². The molecule has 0 aliphatic carbocycles. The minimum absolute atomic E-state index is 0.133. The first kappa shape index (κ1) is 15.7. The molecule has 24 heavy (non-hydrogen) atoms. The second-order valence-corrected chi connectivity index (χ2v) is 7.67. The third-order valence-corrected chi connectivity index (χ3v) is 6.29. The number of hydrogen-bond donors (Lipinski definition) is 0. The molecule has 3 aliphatic heterocycles. The first-order valence-electron chi connectivity index (χ1n) is 8.11. The molecule has 0 atom stereocenters. The maximum atomic E-state index is 12.5. The number of piperidine rings is 1. The minimum atomic E-state index is -0.382. The summed E-state index contributed by atoms with van der Waals surface area (Å²) in [5.41, 5.74) is 0.757. The van der Waals surface area contributed by atoms with Gasteiger partial charge in [-0.3, -0.25) is 19.3 Å². The van der Waals surface area contributed by atoms with E-state index in [0.29, 0.717) is 24.2 Å². The Balaban J connectivity index is 1.41. The molecule has 2 fully saturated rings. The lowest BCUT2D eigenvalue weighted by Gasteiger charge is -2.38. The van der Waals surface area contributed by atoms with Crippen molar-refractivity contribution in [3.8, 4) is 0 Å². The van der Waals surface area contributed by atoms with Gasteiger partial charge in [-0.15, -0.1) is 11.8 Å². The van der Waals surface area contributed by atoms with Crippen LogP contribution in [0.1, 0.15) is 33.6 Å². The summed E-state index contributed by atoms with van der Waals surface area (Å²) < 4.78 is 5.83. The van der Waals surface area contributed by atoms with Crippen LogP contribution in [-0.2, 0) is 9.53 Å². The summed E-state index contributed by atoms with van der Waals surface area (Å²) in [4.78, 5) is 39.9.